The van der Waals surface area contributed by atoms with Gasteiger partial charge in [-0.1, -0.05) is 20.8 Å². The van der Waals surface area contributed by atoms with E-state index < -0.39 is 0 Å². The molecule has 128 valence electrons. The van der Waals surface area contributed by atoms with Crippen LogP contribution >= 0.6 is 0 Å². The third-order valence-electron chi connectivity index (χ3n) is 4.23. The number of carbonyl (C=O) groups excluding carboxylic acids is 1. The average molecular weight is 328 g/mol. The maximum absolute atomic E-state index is 12.2. The quantitative estimate of drug-likeness (QED) is 0.891. The maximum atomic E-state index is 12.2. The van der Waals surface area contributed by atoms with Crippen molar-refractivity contribution in [3.8, 4) is 0 Å². The highest BCUT2D eigenvalue weighted by molar-refractivity contribution is 5.92. The van der Waals surface area contributed by atoms with Crippen LogP contribution in [0.5, 0.6) is 0 Å². The minimum atomic E-state index is -0.129. The second kappa shape index (κ2) is 6.22. The number of carbonyl (C=O) groups is 1. The van der Waals surface area contributed by atoms with Crippen LogP contribution in [0.15, 0.2) is 18.2 Å². The lowest BCUT2D eigenvalue weighted by atomic mass is 9.92. The Morgan fingerprint density at radius 3 is 2.67 bits per heavy atom. The smallest absolute Gasteiger partial charge is 0.271 e. The van der Waals surface area contributed by atoms with E-state index in [4.69, 9.17) is 0 Å². The molecule has 0 atom stereocenters. The zero-order valence-electron chi connectivity index (χ0n) is 14.6. The van der Waals surface area contributed by atoms with Gasteiger partial charge < -0.3 is 10.2 Å². The van der Waals surface area contributed by atoms with Gasteiger partial charge in [0.15, 0.2) is 5.82 Å². The van der Waals surface area contributed by atoms with Crippen molar-refractivity contribution >= 4 is 11.7 Å². The van der Waals surface area contributed by atoms with Gasteiger partial charge in [0.2, 0.25) is 0 Å². The first-order valence-corrected chi connectivity index (χ1v) is 8.22. The monoisotopic (exact) mass is 328 g/mol. The van der Waals surface area contributed by atoms with Gasteiger partial charge in [-0.05, 0) is 25.1 Å². The summed E-state index contributed by atoms with van der Waals surface area (Å²) < 4.78 is 0. The predicted molar refractivity (Wildman–Crippen MR) is 92.1 cm³/mol. The summed E-state index contributed by atoms with van der Waals surface area (Å²) in [6.07, 6.45) is 0. The number of aromatic amines is 1. The van der Waals surface area contributed by atoms with Crippen molar-refractivity contribution in [3.05, 3.63) is 35.3 Å². The molecule has 1 aliphatic rings. The molecule has 24 heavy (non-hydrogen) atoms. The molecule has 7 heteroatoms. The van der Waals surface area contributed by atoms with E-state index in [-0.39, 0.29) is 11.3 Å². The van der Waals surface area contributed by atoms with Crippen molar-refractivity contribution < 1.29 is 4.79 Å². The summed E-state index contributed by atoms with van der Waals surface area (Å²) >= 11 is 0. The Kier molecular flexibility index (Phi) is 4.26. The molecule has 1 amide bonds. The summed E-state index contributed by atoms with van der Waals surface area (Å²) in [6, 6.07) is 5.76. The van der Waals surface area contributed by atoms with Crippen LogP contribution in [0.1, 0.15) is 42.6 Å². The summed E-state index contributed by atoms with van der Waals surface area (Å²) in [6.45, 7) is 10.6. The molecule has 0 unspecified atom stereocenters. The molecular weight excluding hydrogens is 304 g/mol. The molecule has 1 saturated heterocycles. The van der Waals surface area contributed by atoms with Crippen LogP contribution in [-0.2, 0) is 5.41 Å². The van der Waals surface area contributed by atoms with E-state index in [1.54, 1.807) is 0 Å². The van der Waals surface area contributed by atoms with E-state index in [0.717, 1.165) is 30.3 Å². The molecular formula is C17H24N6O. The second-order valence-corrected chi connectivity index (χ2v) is 7.43. The van der Waals surface area contributed by atoms with Gasteiger partial charge in [0.05, 0.1) is 5.69 Å². The van der Waals surface area contributed by atoms with Crippen molar-refractivity contribution in [1.82, 2.24) is 25.7 Å². The Morgan fingerprint density at radius 2 is 2.08 bits per heavy atom. The molecule has 1 fully saturated rings. The van der Waals surface area contributed by atoms with Crippen LogP contribution in [0, 0.1) is 12.8 Å². The largest absolute Gasteiger partial charge is 0.354 e. The summed E-state index contributed by atoms with van der Waals surface area (Å²) in [5.74, 6) is 1.19. The Morgan fingerprint density at radius 1 is 1.33 bits per heavy atom. The standard InChI is InChI=1S/C17H24N6O/c1-11-5-6-15(22-19-11)23-9-12(10-23)8-18-16(24)13-7-14(21-20-13)17(2,3)4/h5-7,12H,8-10H2,1-4H3,(H,18,24)(H,20,21). The van der Waals surface area contributed by atoms with Gasteiger partial charge in [-0.3, -0.25) is 9.89 Å². The van der Waals surface area contributed by atoms with Gasteiger partial charge >= 0.3 is 0 Å². The zero-order valence-corrected chi connectivity index (χ0v) is 14.6. The van der Waals surface area contributed by atoms with E-state index in [2.05, 4.69) is 51.4 Å². The lowest BCUT2D eigenvalue weighted by Gasteiger charge is -2.39. The number of aryl methyl sites for hydroxylation is 1. The lowest BCUT2D eigenvalue weighted by molar-refractivity contribution is 0.0939. The summed E-state index contributed by atoms with van der Waals surface area (Å²) in [4.78, 5) is 14.4. The van der Waals surface area contributed by atoms with E-state index >= 15 is 0 Å². The highest BCUT2D eigenvalue weighted by Crippen LogP contribution is 2.22. The molecule has 0 aromatic carbocycles. The van der Waals surface area contributed by atoms with Crippen molar-refractivity contribution in [1.29, 1.82) is 0 Å². The fourth-order valence-corrected chi connectivity index (χ4v) is 2.60. The Labute approximate surface area is 141 Å². The van der Waals surface area contributed by atoms with Gasteiger partial charge in [-0.2, -0.15) is 10.2 Å². The molecule has 7 nitrogen and oxygen atoms in total. The Balaban J connectivity index is 1.46. The van der Waals surface area contributed by atoms with E-state index in [9.17, 15) is 4.79 Å². The first kappa shape index (κ1) is 16.4. The molecule has 0 bridgehead atoms. The van der Waals surface area contributed by atoms with Crippen molar-refractivity contribution in [3.63, 3.8) is 0 Å². The maximum Gasteiger partial charge on any atom is 0.271 e. The Hall–Kier alpha value is -2.44. The van der Waals surface area contributed by atoms with Crippen molar-refractivity contribution in [2.24, 2.45) is 5.92 Å². The fraction of sp³-hybridized carbons (Fsp3) is 0.529. The summed E-state index contributed by atoms with van der Waals surface area (Å²) in [5.41, 5.74) is 2.27. The number of amides is 1. The number of nitrogens with one attached hydrogen (secondary N) is 2. The van der Waals surface area contributed by atoms with Gasteiger partial charge in [-0.15, -0.1) is 5.10 Å². The average Bonchev–Trinajstić information content (AvgIpc) is 2.97. The first-order chi connectivity index (χ1) is 11.3. The number of aromatic nitrogens is 4. The predicted octanol–water partition coefficient (Wildman–Crippen LogP) is 1.67. The topological polar surface area (TPSA) is 86.8 Å². The number of nitrogens with zero attached hydrogens (tertiary/aromatic N) is 4. The number of anilines is 1. The van der Waals surface area contributed by atoms with Crippen LogP contribution in [0.2, 0.25) is 0 Å². The third kappa shape index (κ3) is 3.55. The van der Waals surface area contributed by atoms with Crippen LogP contribution in [0.3, 0.4) is 0 Å². The van der Waals surface area contributed by atoms with Crippen LogP contribution in [0.4, 0.5) is 5.82 Å². The Bertz CT molecular complexity index is 709. The molecule has 3 rings (SSSR count). The van der Waals surface area contributed by atoms with Gasteiger partial charge in [0.1, 0.15) is 5.69 Å². The third-order valence-corrected chi connectivity index (χ3v) is 4.23. The highest BCUT2D eigenvalue weighted by atomic mass is 16.1. The molecule has 2 N–H and O–H groups in total. The molecule has 2 aromatic heterocycles. The fourth-order valence-electron chi connectivity index (χ4n) is 2.60. The molecule has 2 aromatic rings. The normalized spacial score (nSPS) is 15.2. The SMILES string of the molecule is Cc1ccc(N2CC(CNC(=O)c3cc(C(C)(C)C)[nH]n3)C2)nn1. The summed E-state index contributed by atoms with van der Waals surface area (Å²) in [7, 11) is 0. The molecule has 3 heterocycles. The zero-order chi connectivity index (χ0) is 17.3. The van der Waals surface area contributed by atoms with Crippen LogP contribution in [0.25, 0.3) is 0 Å². The molecule has 0 radical (unpaired) electrons. The first-order valence-electron chi connectivity index (χ1n) is 8.22. The number of hydrogen-bond donors (Lipinski definition) is 2. The van der Waals surface area contributed by atoms with Crippen LogP contribution in [-0.4, -0.2) is 45.9 Å². The second-order valence-electron chi connectivity index (χ2n) is 7.43. The summed E-state index contributed by atoms with van der Waals surface area (Å²) in [5, 5.41) is 18.3. The van der Waals surface area contributed by atoms with Gasteiger partial charge in [0.25, 0.3) is 5.91 Å². The van der Waals surface area contributed by atoms with Crippen molar-refractivity contribution in [2.75, 3.05) is 24.5 Å². The van der Waals surface area contributed by atoms with E-state index in [1.165, 1.54) is 0 Å². The number of hydrogen-bond acceptors (Lipinski definition) is 5. The number of H-pyrrole nitrogens is 1. The number of rotatable bonds is 4. The molecule has 0 spiro atoms. The minimum absolute atomic E-state index is 0.0466. The van der Waals surface area contributed by atoms with E-state index in [1.807, 2.05) is 25.1 Å². The van der Waals surface area contributed by atoms with Gasteiger partial charge in [0, 0.05) is 36.7 Å². The van der Waals surface area contributed by atoms with Crippen molar-refractivity contribution in [2.45, 2.75) is 33.1 Å². The molecule has 0 saturated carbocycles. The molecule has 1 aliphatic heterocycles. The van der Waals surface area contributed by atoms with E-state index in [0.29, 0.717) is 18.2 Å². The highest BCUT2D eigenvalue weighted by Gasteiger charge is 2.28. The van der Waals surface area contributed by atoms with Crippen LogP contribution < -0.4 is 10.2 Å². The minimum Gasteiger partial charge on any atom is -0.354 e. The lowest BCUT2D eigenvalue weighted by Crippen LogP contribution is -2.52. The van der Waals surface area contributed by atoms with Gasteiger partial charge in [-0.25, -0.2) is 0 Å². The molecule has 0 aliphatic carbocycles.